The summed E-state index contributed by atoms with van der Waals surface area (Å²) in [5.41, 5.74) is 1.27. The van der Waals surface area contributed by atoms with Crippen LogP contribution in [0.15, 0.2) is 6.20 Å². The molecule has 0 saturated carbocycles. The number of hydrogen-bond acceptors (Lipinski definition) is 1. The molecule has 0 aliphatic heterocycles. The van der Waals surface area contributed by atoms with Gasteiger partial charge in [-0.3, -0.25) is 4.68 Å². The Balaban J connectivity index is 2.88. The first-order chi connectivity index (χ1) is 5.15. The Labute approximate surface area is 81.1 Å². The van der Waals surface area contributed by atoms with Crippen molar-refractivity contribution in [3.8, 4) is 0 Å². The van der Waals surface area contributed by atoms with Crippen LogP contribution in [0.5, 0.6) is 0 Å². The standard InChI is InChI=1S/C8H13IN2/c1-4-7(3)11-5-6(2)8(9)10-11/h5,7H,4H2,1-3H3. The van der Waals surface area contributed by atoms with Crippen LogP contribution in [0.25, 0.3) is 0 Å². The van der Waals surface area contributed by atoms with Gasteiger partial charge in [0.15, 0.2) is 0 Å². The normalized spacial score (nSPS) is 13.5. The van der Waals surface area contributed by atoms with Gasteiger partial charge in [0, 0.05) is 17.8 Å². The van der Waals surface area contributed by atoms with Crippen LogP contribution < -0.4 is 0 Å². The molecule has 0 saturated heterocycles. The molecular weight excluding hydrogens is 251 g/mol. The number of aromatic nitrogens is 2. The molecule has 0 bridgehead atoms. The molecule has 2 nitrogen and oxygen atoms in total. The predicted octanol–water partition coefficient (Wildman–Crippen LogP) is 2.77. The highest BCUT2D eigenvalue weighted by Crippen LogP contribution is 2.14. The van der Waals surface area contributed by atoms with E-state index < -0.39 is 0 Å². The minimum absolute atomic E-state index is 0.525. The van der Waals surface area contributed by atoms with Crippen LogP contribution in [0.3, 0.4) is 0 Å². The minimum atomic E-state index is 0.525. The first-order valence-electron chi connectivity index (χ1n) is 3.86. The van der Waals surface area contributed by atoms with Crippen LogP contribution in [0.1, 0.15) is 31.9 Å². The SMILES string of the molecule is CCC(C)n1cc(C)c(I)n1. The summed E-state index contributed by atoms with van der Waals surface area (Å²) in [6.07, 6.45) is 3.24. The maximum Gasteiger partial charge on any atom is 0.126 e. The Morgan fingerprint density at radius 1 is 1.73 bits per heavy atom. The van der Waals surface area contributed by atoms with Crippen LogP contribution in [-0.4, -0.2) is 9.78 Å². The summed E-state index contributed by atoms with van der Waals surface area (Å²) in [4.78, 5) is 0. The van der Waals surface area contributed by atoms with E-state index in [1.54, 1.807) is 0 Å². The lowest BCUT2D eigenvalue weighted by molar-refractivity contribution is 0.475. The van der Waals surface area contributed by atoms with Gasteiger partial charge in [-0.05, 0) is 42.9 Å². The molecule has 0 fully saturated rings. The fourth-order valence-corrected chi connectivity index (χ4v) is 1.26. The van der Waals surface area contributed by atoms with E-state index >= 15 is 0 Å². The van der Waals surface area contributed by atoms with Crippen molar-refractivity contribution in [3.63, 3.8) is 0 Å². The van der Waals surface area contributed by atoms with Gasteiger partial charge in [-0.25, -0.2) is 0 Å². The van der Waals surface area contributed by atoms with Crippen LogP contribution in [-0.2, 0) is 0 Å². The molecule has 1 atom stereocenters. The van der Waals surface area contributed by atoms with Crippen molar-refractivity contribution in [2.75, 3.05) is 0 Å². The third-order valence-corrected chi connectivity index (χ3v) is 2.96. The summed E-state index contributed by atoms with van der Waals surface area (Å²) in [6, 6.07) is 0.525. The van der Waals surface area contributed by atoms with Gasteiger partial charge in [0.25, 0.3) is 0 Å². The van der Waals surface area contributed by atoms with E-state index in [1.807, 2.05) is 4.68 Å². The van der Waals surface area contributed by atoms with Crippen molar-refractivity contribution < 1.29 is 0 Å². The van der Waals surface area contributed by atoms with Gasteiger partial charge in [-0.2, -0.15) is 5.10 Å². The quantitative estimate of drug-likeness (QED) is 0.751. The lowest BCUT2D eigenvalue weighted by Crippen LogP contribution is -2.03. The second-order valence-corrected chi connectivity index (χ2v) is 3.86. The fraction of sp³-hybridized carbons (Fsp3) is 0.625. The molecule has 0 N–H and O–H groups in total. The highest BCUT2D eigenvalue weighted by Gasteiger charge is 2.05. The molecule has 11 heavy (non-hydrogen) atoms. The van der Waals surface area contributed by atoms with Gasteiger partial charge in [0.1, 0.15) is 3.70 Å². The van der Waals surface area contributed by atoms with Gasteiger partial charge < -0.3 is 0 Å². The summed E-state index contributed by atoms with van der Waals surface area (Å²) in [7, 11) is 0. The van der Waals surface area contributed by atoms with Crippen LogP contribution in [0.4, 0.5) is 0 Å². The van der Waals surface area contributed by atoms with Gasteiger partial charge in [-0.15, -0.1) is 0 Å². The number of halogens is 1. The average Bonchev–Trinajstić information content (AvgIpc) is 2.31. The smallest absolute Gasteiger partial charge is 0.126 e. The molecule has 0 aliphatic rings. The monoisotopic (exact) mass is 264 g/mol. The van der Waals surface area contributed by atoms with Crippen LogP contribution in [0, 0.1) is 10.6 Å². The van der Waals surface area contributed by atoms with E-state index in [-0.39, 0.29) is 0 Å². The lowest BCUT2D eigenvalue weighted by Gasteiger charge is -2.07. The molecule has 62 valence electrons. The Morgan fingerprint density at radius 3 is 2.73 bits per heavy atom. The second kappa shape index (κ2) is 3.56. The van der Waals surface area contributed by atoms with E-state index in [4.69, 9.17) is 0 Å². The molecular formula is C8H13IN2. The molecule has 1 unspecified atom stereocenters. The van der Waals surface area contributed by atoms with E-state index in [1.165, 1.54) is 5.56 Å². The minimum Gasteiger partial charge on any atom is -0.269 e. The topological polar surface area (TPSA) is 17.8 Å². The summed E-state index contributed by atoms with van der Waals surface area (Å²) in [6.45, 7) is 6.45. The second-order valence-electron chi connectivity index (χ2n) is 2.84. The van der Waals surface area contributed by atoms with Crippen molar-refractivity contribution in [2.45, 2.75) is 33.2 Å². The molecule has 0 spiro atoms. The van der Waals surface area contributed by atoms with Crippen LogP contribution in [0.2, 0.25) is 0 Å². The highest BCUT2D eigenvalue weighted by atomic mass is 127. The first-order valence-corrected chi connectivity index (χ1v) is 4.94. The van der Waals surface area contributed by atoms with E-state index in [9.17, 15) is 0 Å². The van der Waals surface area contributed by atoms with Gasteiger partial charge in [0.2, 0.25) is 0 Å². The van der Waals surface area contributed by atoms with Gasteiger partial charge >= 0.3 is 0 Å². The molecule has 0 radical (unpaired) electrons. The molecule has 0 aromatic carbocycles. The largest absolute Gasteiger partial charge is 0.269 e. The molecule has 0 amide bonds. The summed E-state index contributed by atoms with van der Waals surface area (Å²) in [5, 5.41) is 4.38. The molecule has 1 rings (SSSR count). The Bertz CT molecular complexity index is 223. The Hall–Kier alpha value is -0.0600. The van der Waals surface area contributed by atoms with E-state index in [0.29, 0.717) is 6.04 Å². The third-order valence-electron chi connectivity index (χ3n) is 1.90. The van der Waals surface area contributed by atoms with Crippen molar-refractivity contribution >= 4 is 22.6 Å². The maximum atomic E-state index is 4.38. The van der Waals surface area contributed by atoms with Crippen molar-refractivity contribution in [2.24, 2.45) is 0 Å². The van der Waals surface area contributed by atoms with Crippen molar-refractivity contribution in [1.29, 1.82) is 0 Å². The maximum absolute atomic E-state index is 4.38. The third kappa shape index (κ3) is 1.95. The molecule has 1 heterocycles. The molecule has 3 heteroatoms. The lowest BCUT2D eigenvalue weighted by atomic mass is 10.3. The van der Waals surface area contributed by atoms with Gasteiger partial charge in [0.05, 0.1) is 0 Å². The predicted molar refractivity (Wildman–Crippen MR) is 54.7 cm³/mol. The van der Waals surface area contributed by atoms with E-state index in [2.05, 4.69) is 54.7 Å². The molecule has 0 aliphatic carbocycles. The summed E-state index contributed by atoms with van der Waals surface area (Å²) >= 11 is 2.26. The van der Waals surface area contributed by atoms with Crippen molar-refractivity contribution in [1.82, 2.24) is 9.78 Å². The average molecular weight is 264 g/mol. The number of hydrogen-bond donors (Lipinski definition) is 0. The Morgan fingerprint density at radius 2 is 2.36 bits per heavy atom. The highest BCUT2D eigenvalue weighted by molar-refractivity contribution is 14.1. The zero-order valence-electron chi connectivity index (χ0n) is 7.13. The number of aryl methyl sites for hydroxylation is 1. The number of nitrogens with zero attached hydrogens (tertiary/aromatic N) is 2. The molecule has 1 aromatic rings. The zero-order chi connectivity index (χ0) is 8.43. The Kier molecular flexibility index (Phi) is 2.92. The van der Waals surface area contributed by atoms with Gasteiger partial charge in [-0.1, -0.05) is 6.92 Å². The van der Waals surface area contributed by atoms with Crippen LogP contribution >= 0.6 is 22.6 Å². The summed E-state index contributed by atoms with van der Waals surface area (Å²) < 4.78 is 3.15. The van der Waals surface area contributed by atoms with Crippen molar-refractivity contribution in [3.05, 3.63) is 15.5 Å². The number of rotatable bonds is 2. The first kappa shape index (κ1) is 9.03. The van der Waals surface area contributed by atoms with E-state index in [0.717, 1.165) is 10.1 Å². The fourth-order valence-electron chi connectivity index (χ4n) is 0.874. The molecule has 1 aromatic heterocycles. The summed E-state index contributed by atoms with van der Waals surface area (Å²) in [5.74, 6) is 0. The zero-order valence-corrected chi connectivity index (χ0v) is 9.29.